The second-order valence-corrected chi connectivity index (χ2v) is 7.79. The normalized spacial score (nSPS) is 27.3. The van der Waals surface area contributed by atoms with Crippen LogP contribution in [0.15, 0.2) is 12.1 Å². The maximum atomic E-state index is 13.0. The molecule has 1 aromatic carbocycles. The topological polar surface area (TPSA) is 85.0 Å². The standard InChI is InChI=1S/C19H23N5O3/c1-22-9-11-8-20-6-7-23(11)14-3-2-12-13(17(14)22)10-24(19(12)27)15-4-5-16(25)21-18(15)26/h2-3,11,15,20H,4-10H2,1H3,(H,21,25,26)/t11-,15-/m0/s1. The van der Waals surface area contributed by atoms with Crippen molar-refractivity contribution in [1.82, 2.24) is 15.5 Å². The molecule has 4 aliphatic rings. The van der Waals surface area contributed by atoms with Gasteiger partial charge >= 0.3 is 0 Å². The smallest absolute Gasteiger partial charge is 0.255 e. The summed E-state index contributed by atoms with van der Waals surface area (Å²) in [5.74, 6) is -0.739. The second-order valence-electron chi connectivity index (χ2n) is 7.79. The van der Waals surface area contributed by atoms with Crippen molar-refractivity contribution in [2.75, 3.05) is 43.0 Å². The molecule has 27 heavy (non-hydrogen) atoms. The third-order valence-electron chi connectivity index (χ3n) is 6.19. The Hall–Kier alpha value is -2.61. The number of nitrogens with zero attached hydrogens (tertiary/aromatic N) is 3. The Morgan fingerprint density at radius 1 is 1.15 bits per heavy atom. The molecule has 8 heteroatoms. The van der Waals surface area contributed by atoms with Gasteiger partial charge in [0.15, 0.2) is 0 Å². The van der Waals surface area contributed by atoms with Gasteiger partial charge in [0.25, 0.3) is 5.91 Å². The summed E-state index contributed by atoms with van der Waals surface area (Å²) < 4.78 is 0. The maximum absolute atomic E-state index is 13.0. The molecule has 3 amide bonds. The van der Waals surface area contributed by atoms with Crippen molar-refractivity contribution in [2.45, 2.75) is 31.5 Å². The molecule has 0 bridgehead atoms. The molecule has 4 heterocycles. The number of fused-ring (bicyclic) bond motifs is 5. The zero-order valence-corrected chi connectivity index (χ0v) is 15.3. The van der Waals surface area contributed by atoms with E-state index in [9.17, 15) is 14.4 Å². The first-order valence-corrected chi connectivity index (χ1v) is 9.53. The summed E-state index contributed by atoms with van der Waals surface area (Å²) in [4.78, 5) is 43.0. The van der Waals surface area contributed by atoms with Crippen LogP contribution in [0.2, 0.25) is 0 Å². The number of piperidine rings is 1. The van der Waals surface area contributed by atoms with Gasteiger partial charge in [0.1, 0.15) is 6.04 Å². The molecule has 0 aromatic heterocycles. The number of hydrogen-bond acceptors (Lipinski definition) is 6. The van der Waals surface area contributed by atoms with Crippen LogP contribution in [0.25, 0.3) is 0 Å². The van der Waals surface area contributed by atoms with Gasteiger partial charge < -0.3 is 20.0 Å². The molecule has 8 nitrogen and oxygen atoms in total. The first kappa shape index (κ1) is 16.6. The fourth-order valence-electron chi connectivity index (χ4n) is 4.92. The van der Waals surface area contributed by atoms with Gasteiger partial charge in [0.2, 0.25) is 11.8 Å². The van der Waals surface area contributed by atoms with Crippen molar-refractivity contribution in [3.8, 4) is 0 Å². The number of rotatable bonds is 1. The molecule has 0 radical (unpaired) electrons. The van der Waals surface area contributed by atoms with Crippen LogP contribution in [0.1, 0.15) is 28.8 Å². The van der Waals surface area contributed by atoms with E-state index in [1.807, 2.05) is 12.1 Å². The van der Waals surface area contributed by atoms with Crippen LogP contribution in [0.3, 0.4) is 0 Å². The molecule has 0 aliphatic carbocycles. The monoisotopic (exact) mass is 369 g/mol. The van der Waals surface area contributed by atoms with Crippen molar-refractivity contribution in [3.05, 3.63) is 23.3 Å². The van der Waals surface area contributed by atoms with Crippen LogP contribution in [-0.2, 0) is 16.1 Å². The van der Waals surface area contributed by atoms with E-state index in [0.717, 1.165) is 37.4 Å². The zero-order chi connectivity index (χ0) is 18.7. The summed E-state index contributed by atoms with van der Waals surface area (Å²) in [6.45, 7) is 4.20. The second kappa shape index (κ2) is 5.95. The molecule has 2 fully saturated rings. The van der Waals surface area contributed by atoms with Crippen molar-refractivity contribution in [2.24, 2.45) is 0 Å². The molecular weight excluding hydrogens is 346 g/mol. The van der Waals surface area contributed by atoms with E-state index in [4.69, 9.17) is 0 Å². The minimum atomic E-state index is -0.570. The fourth-order valence-corrected chi connectivity index (χ4v) is 4.92. The highest BCUT2D eigenvalue weighted by Crippen LogP contribution is 2.43. The largest absolute Gasteiger partial charge is 0.371 e. The average Bonchev–Trinajstić information content (AvgIpc) is 2.98. The molecule has 0 spiro atoms. The minimum absolute atomic E-state index is 0.113. The first-order chi connectivity index (χ1) is 13.0. The van der Waals surface area contributed by atoms with Gasteiger partial charge in [-0.2, -0.15) is 0 Å². The summed E-state index contributed by atoms with van der Waals surface area (Å²) in [5.41, 5.74) is 3.96. The number of carbonyl (C=O) groups is 3. The predicted molar refractivity (Wildman–Crippen MR) is 99.8 cm³/mol. The highest BCUT2D eigenvalue weighted by atomic mass is 16.2. The molecule has 142 valence electrons. The van der Waals surface area contributed by atoms with E-state index in [-0.39, 0.29) is 24.1 Å². The lowest BCUT2D eigenvalue weighted by Gasteiger charge is -2.46. The molecule has 4 aliphatic heterocycles. The lowest BCUT2D eigenvalue weighted by Crippen LogP contribution is -2.58. The SMILES string of the molecule is CN1C[C@@H]2CNCCN2c2ccc3c(c21)CN([C@H]1CCC(=O)NC1=O)C3=O. The van der Waals surface area contributed by atoms with E-state index in [0.29, 0.717) is 24.6 Å². The fraction of sp³-hybridized carbons (Fsp3) is 0.526. The lowest BCUT2D eigenvalue weighted by molar-refractivity contribution is -0.136. The Bertz CT molecular complexity index is 854. The molecule has 0 unspecified atom stereocenters. The van der Waals surface area contributed by atoms with Gasteiger partial charge in [-0.3, -0.25) is 19.7 Å². The lowest BCUT2D eigenvalue weighted by atomic mass is 9.99. The van der Waals surface area contributed by atoms with Crippen LogP contribution < -0.4 is 20.4 Å². The van der Waals surface area contributed by atoms with E-state index in [1.54, 1.807) is 4.90 Å². The highest BCUT2D eigenvalue weighted by molar-refractivity contribution is 6.07. The number of carbonyl (C=O) groups excluding carboxylic acids is 3. The Morgan fingerprint density at radius 3 is 2.81 bits per heavy atom. The first-order valence-electron chi connectivity index (χ1n) is 9.53. The number of amides is 3. The Morgan fingerprint density at radius 2 is 2.00 bits per heavy atom. The number of anilines is 2. The number of benzene rings is 1. The molecular formula is C19H23N5O3. The molecule has 2 atom stereocenters. The average molecular weight is 369 g/mol. The van der Waals surface area contributed by atoms with Crippen LogP contribution >= 0.6 is 0 Å². The van der Waals surface area contributed by atoms with E-state index in [2.05, 4.69) is 27.5 Å². The van der Waals surface area contributed by atoms with Gasteiger partial charge in [0.05, 0.1) is 17.4 Å². The summed E-state index contributed by atoms with van der Waals surface area (Å²) in [5, 5.41) is 5.82. The number of imide groups is 1. The summed E-state index contributed by atoms with van der Waals surface area (Å²) in [7, 11) is 2.07. The number of hydrogen-bond donors (Lipinski definition) is 2. The molecule has 5 rings (SSSR count). The van der Waals surface area contributed by atoms with Crippen molar-refractivity contribution in [3.63, 3.8) is 0 Å². The highest BCUT2D eigenvalue weighted by Gasteiger charge is 2.42. The summed E-state index contributed by atoms with van der Waals surface area (Å²) in [6.07, 6.45) is 0.666. The molecule has 1 aromatic rings. The predicted octanol–water partition coefficient (Wildman–Crippen LogP) is -0.324. The number of piperazine rings is 1. The van der Waals surface area contributed by atoms with Gasteiger partial charge in [-0.1, -0.05) is 0 Å². The van der Waals surface area contributed by atoms with Gasteiger partial charge in [0, 0.05) is 57.3 Å². The van der Waals surface area contributed by atoms with E-state index in [1.165, 1.54) is 5.69 Å². The van der Waals surface area contributed by atoms with Crippen LogP contribution in [0, 0.1) is 0 Å². The van der Waals surface area contributed by atoms with E-state index >= 15 is 0 Å². The van der Waals surface area contributed by atoms with Crippen LogP contribution in [-0.4, -0.2) is 67.9 Å². The molecule has 2 N–H and O–H groups in total. The minimum Gasteiger partial charge on any atom is -0.371 e. The van der Waals surface area contributed by atoms with Crippen molar-refractivity contribution in [1.29, 1.82) is 0 Å². The summed E-state index contributed by atoms with van der Waals surface area (Å²) >= 11 is 0. The number of nitrogens with one attached hydrogen (secondary N) is 2. The Labute approximate surface area is 157 Å². The maximum Gasteiger partial charge on any atom is 0.255 e. The third-order valence-corrected chi connectivity index (χ3v) is 6.19. The Kier molecular flexibility index (Phi) is 3.65. The van der Waals surface area contributed by atoms with Crippen molar-refractivity contribution >= 4 is 29.1 Å². The van der Waals surface area contributed by atoms with Gasteiger partial charge in [-0.15, -0.1) is 0 Å². The summed E-state index contributed by atoms with van der Waals surface area (Å²) in [6, 6.07) is 3.81. The van der Waals surface area contributed by atoms with Crippen LogP contribution in [0.4, 0.5) is 11.4 Å². The van der Waals surface area contributed by atoms with Crippen molar-refractivity contribution < 1.29 is 14.4 Å². The van der Waals surface area contributed by atoms with E-state index < -0.39 is 6.04 Å². The Balaban J connectivity index is 1.51. The van der Waals surface area contributed by atoms with Gasteiger partial charge in [-0.25, -0.2) is 0 Å². The third kappa shape index (κ3) is 2.43. The zero-order valence-electron chi connectivity index (χ0n) is 15.3. The quantitative estimate of drug-likeness (QED) is 0.660. The molecule has 2 saturated heterocycles. The molecule has 0 saturated carbocycles. The van der Waals surface area contributed by atoms with Crippen LogP contribution in [0.5, 0.6) is 0 Å². The number of likely N-dealkylation sites (N-methyl/N-ethyl adjacent to an activating group) is 1. The van der Waals surface area contributed by atoms with Gasteiger partial charge in [-0.05, 0) is 18.6 Å².